The molecule has 86 valence electrons. The molecule has 0 heterocycles. The van der Waals surface area contributed by atoms with E-state index in [1.807, 2.05) is 0 Å². The van der Waals surface area contributed by atoms with Crippen LogP contribution in [0.15, 0.2) is 42.5 Å². The molecule has 0 N–H and O–H groups in total. The monoisotopic (exact) mass is 224 g/mol. The van der Waals surface area contributed by atoms with E-state index in [2.05, 4.69) is 60.5 Å². The Bertz CT molecular complexity index is 540. The topological polar surface area (TPSA) is 27.0 Å². The van der Waals surface area contributed by atoms with E-state index in [1.165, 1.54) is 16.5 Å². The Kier molecular flexibility index (Phi) is 3.62. The lowest BCUT2D eigenvalue weighted by atomic mass is 10.1. The molecule has 0 atom stereocenters. The fraction of sp³-hybridized carbons (Fsp3) is 0.267. The van der Waals surface area contributed by atoms with Crippen LogP contribution in [0.3, 0.4) is 0 Å². The van der Waals surface area contributed by atoms with Gasteiger partial charge in [0.05, 0.1) is 6.07 Å². The molecule has 0 fully saturated rings. The highest BCUT2D eigenvalue weighted by atomic mass is 15.1. The van der Waals surface area contributed by atoms with Crippen molar-refractivity contribution in [3.05, 3.63) is 42.5 Å². The number of fused-ring (bicyclic) bond motifs is 1. The molecule has 2 aromatic carbocycles. The molecule has 0 spiro atoms. The zero-order valence-electron chi connectivity index (χ0n) is 10.1. The second-order valence-corrected chi connectivity index (χ2v) is 4.21. The Balaban J connectivity index is 2.16. The van der Waals surface area contributed by atoms with Gasteiger partial charge in [-0.05, 0) is 29.3 Å². The predicted molar refractivity (Wildman–Crippen MR) is 72.1 cm³/mol. The van der Waals surface area contributed by atoms with E-state index in [0.717, 1.165) is 13.0 Å². The summed E-state index contributed by atoms with van der Waals surface area (Å²) in [7, 11) is 2.07. The number of hydrogen-bond acceptors (Lipinski definition) is 2. The van der Waals surface area contributed by atoms with Crippen molar-refractivity contribution in [2.75, 3.05) is 18.5 Å². The highest BCUT2D eigenvalue weighted by Gasteiger charge is 2.01. The summed E-state index contributed by atoms with van der Waals surface area (Å²) in [6.45, 7) is 0.923. The van der Waals surface area contributed by atoms with E-state index in [4.69, 9.17) is 5.26 Å². The molecule has 2 nitrogen and oxygen atoms in total. The first-order chi connectivity index (χ1) is 8.31. The van der Waals surface area contributed by atoms with Gasteiger partial charge in [-0.25, -0.2) is 0 Å². The van der Waals surface area contributed by atoms with Crippen molar-refractivity contribution in [3.63, 3.8) is 0 Å². The Morgan fingerprint density at radius 1 is 1.12 bits per heavy atom. The molecule has 0 radical (unpaired) electrons. The van der Waals surface area contributed by atoms with Crippen LogP contribution in [0.1, 0.15) is 12.8 Å². The average Bonchev–Trinajstić information content (AvgIpc) is 2.38. The van der Waals surface area contributed by atoms with Crippen LogP contribution in [0.5, 0.6) is 0 Å². The van der Waals surface area contributed by atoms with Crippen LogP contribution in [0, 0.1) is 11.3 Å². The number of unbranched alkanes of at least 4 members (excludes halogenated alkanes) is 1. The standard InChI is InChI=1S/C15H16N2/c1-17(11-5-4-10-16)15-9-8-13-6-2-3-7-14(13)12-15/h2-3,6-9,12H,4-5,11H2,1H3. The highest BCUT2D eigenvalue weighted by molar-refractivity contribution is 5.85. The SMILES string of the molecule is CN(CCCC#N)c1ccc2ccccc2c1. The molecule has 0 bridgehead atoms. The summed E-state index contributed by atoms with van der Waals surface area (Å²) in [4.78, 5) is 2.20. The third-order valence-electron chi connectivity index (χ3n) is 2.96. The van der Waals surface area contributed by atoms with Crippen molar-refractivity contribution in [2.45, 2.75) is 12.8 Å². The second kappa shape index (κ2) is 5.36. The predicted octanol–water partition coefficient (Wildman–Crippen LogP) is 3.58. The zero-order chi connectivity index (χ0) is 12.1. The fourth-order valence-electron chi connectivity index (χ4n) is 1.94. The van der Waals surface area contributed by atoms with Gasteiger partial charge in [-0.3, -0.25) is 0 Å². The van der Waals surface area contributed by atoms with E-state index < -0.39 is 0 Å². The molecule has 0 unspecified atom stereocenters. The van der Waals surface area contributed by atoms with Crippen molar-refractivity contribution in [1.82, 2.24) is 0 Å². The minimum Gasteiger partial charge on any atom is -0.375 e. The summed E-state index contributed by atoms with van der Waals surface area (Å²) >= 11 is 0. The molecule has 0 saturated heterocycles. The molecule has 0 aliphatic carbocycles. The van der Waals surface area contributed by atoms with Gasteiger partial charge in [0.2, 0.25) is 0 Å². The van der Waals surface area contributed by atoms with Crippen LogP contribution in [-0.2, 0) is 0 Å². The highest BCUT2D eigenvalue weighted by Crippen LogP contribution is 2.21. The number of anilines is 1. The normalized spacial score (nSPS) is 10.1. The van der Waals surface area contributed by atoms with E-state index >= 15 is 0 Å². The van der Waals surface area contributed by atoms with E-state index in [1.54, 1.807) is 0 Å². The molecular weight excluding hydrogens is 208 g/mol. The van der Waals surface area contributed by atoms with Crippen LogP contribution in [-0.4, -0.2) is 13.6 Å². The van der Waals surface area contributed by atoms with Gasteiger partial charge >= 0.3 is 0 Å². The first-order valence-corrected chi connectivity index (χ1v) is 5.88. The van der Waals surface area contributed by atoms with Gasteiger partial charge in [0, 0.05) is 25.7 Å². The number of hydrogen-bond donors (Lipinski definition) is 0. The number of rotatable bonds is 4. The maximum absolute atomic E-state index is 8.52. The smallest absolute Gasteiger partial charge is 0.0622 e. The summed E-state index contributed by atoms with van der Waals surface area (Å²) < 4.78 is 0. The van der Waals surface area contributed by atoms with Crippen LogP contribution in [0.25, 0.3) is 10.8 Å². The fourth-order valence-corrected chi connectivity index (χ4v) is 1.94. The molecular formula is C15H16N2. The minimum atomic E-state index is 0.623. The van der Waals surface area contributed by atoms with Gasteiger partial charge in [-0.2, -0.15) is 5.26 Å². The van der Waals surface area contributed by atoms with Gasteiger partial charge in [-0.1, -0.05) is 30.3 Å². The second-order valence-electron chi connectivity index (χ2n) is 4.21. The molecule has 2 aromatic rings. The molecule has 0 aliphatic rings. The largest absolute Gasteiger partial charge is 0.375 e. The summed E-state index contributed by atoms with van der Waals surface area (Å²) in [5.41, 5.74) is 1.21. The van der Waals surface area contributed by atoms with Gasteiger partial charge in [0.15, 0.2) is 0 Å². The Morgan fingerprint density at radius 2 is 1.88 bits per heavy atom. The van der Waals surface area contributed by atoms with Crippen molar-refractivity contribution in [3.8, 4) is 6.07 Å². The van der Waals surface area contributed by atoms with Gasteiger partial charge in [-0.15, -0.1) is 0 Å². The first-order valence-electron chi connectivity index (χ1n) is 5.88. The van der Waals surface area contributed by atoms with E-state index in [-0.39, 0.29) is 0 Å². The maximum atomic E-state index is 8.52. The van der Waals surface area contributed by atoms with Crippen molar-refractivity contribution < 1.29 is 0 Å². The van der Waals surface area contributed by atoms with Crippen molar-refractivity contribution in [1.29, 1.82) is 5.26 Å². The Labute approximate surface area is 102 Å². The minimum absolute atomic E-state index is 0.623. The lowest BCUT2D eigenvalue weighted by Crippen LogP contribution is -2.18. The molecule has 0 amide bonds. The quantitative estimate of drug-likeness (QED) is 0.742. The summed E-state index contributed by atoms with van der Waals surface area (Å²) in [5, 5.41) is 11.0. The van der Waals surface area contributed by atoms with Gasteiger partial charge in [0.1, 0.15) is 0 Å². The lowest BCUT2D eigenvalue weighted by molar-refractivity contribution is 0.807. The van der Waals surface area contributed by atoms with E-state index in [9.17, 15) is 0 Å². The van der Waals surface area contributed by atoms with E-state index in [0.29, 0.717) is 6.42 Å². The summed E-state index contributed by atoms with van der Waals surface area (Å²) in [5.74, 6) is 0. The number of nitrogens with zero attached hydrogens (tertiary/aromatic N) is 2. The van der Waals surface area contributed by atoms with Gasteiger partial charge in [0.25, 0.3) is 0 Å². The Morgan fingerprint density at radius 3 is 2.65 bits per heavy atom. The molecule has 0 aromatic heterocycles. The maximum Gasteiger partial charge on any atom is 0.0622 e. The first kappa shape index (κ1) is 11.5. The van der Waals surface area contributed by atoms with Crippen molar-refractivity contribution in [2.24, 2.45) is 0 Å². The lowest BCUT2D eigenvalue weighted by Gasteiger charge is -2.19. The van der Waals surface area contributed by atoms with Crippen LogP contribution in [0.4, 0.5) is 5.69 Å². The number of nitriles is 1. The summed E-state index contributed by atoms with van der Waals surface area (Å²) in [6, 6.07) is 17.0. The Hall–Kier alpha value is -2.01. The zero-order valence-corrected chi connectivity index (χ0v) is 10.1. The van der Waals surface area contributed by atoms with Crippen molar-refractivity contribution >= 4 is 16.5 Å². The molecule has 17 heavy (non-hydrogen) atoms. The van der Waals surface area contributed by atoms with Crippen LogP contribution >= 0.6 is 0 Å². The third-order valence-corrected chi connectivity index (χ3v) is 2.96. The summed E-state index contributed by atoms with van der Waals surface area (Å²) in [6.07, 6.45) is 1.54. The number of benzene rings is 2. The molecule has 2 heteroatoms. The molecule has 2 rings (SSSR count). The van der Waals surface area contributed by atoms with Gasteiger partial charge < -0.3 is 4.90 Å². The molecule has 0 aliphatic heterocycles. The molecule has 0 saturated carbocycles. The van der Waals surface area contributed by atoms with Crippen LogP contribution < -0.4 is 4.90 Å². The van der Waals surface area contributed by atoms with Crippen LogP contribution in [0.2, 0.25) is 0 Å². The average molecular weight is 224 g/mol. The third kappa shape index (κ3) is 2.76.